The predicted octanol–water partition coefficient (Wildman–Crippen LogP) is 3.79. The minimum Gasteiger partial charge on any atom is -0.478 e. The van der Waals surface area contributed by atoms with Crippen LogP contribution >= 0.6 is 0 Å². The molecule has 0 spiro atoms. The summed E-state index contributed by atoms with van der Waals surface area (Å²) in [5.74, 6) is 2.11. The zero-order chi connectivity index (χ0) is 15.3. The number of nitrogens with zero attached hydrogens (tertiary/aromatic N) is 2. The molecule has 0 aliphatic rings. The molecular weight excluding hydrogens is 266 g/mol. The second kappa shape index (κ2) is 11.3. The molecule has 5 nitrogen and oxygen atoms in total. The lowest BCUT2D eigenvalue weighted by molar-refractivity contribution is 0.127. The molecule has 1 N–H and O–H groups in total. The molecule has 1 rings (SSSR count). The van der Waals surface area contributed by atoms with Crippen LogP contribution < -0.4 is 10.1 Å². The first-order valence-corrected chi connectivity index (χ1v) is 8.12. The number of hydrogen-bond acceptors (Lipinski definition) is 5. The summed E-state index contributed by atoms with van der Waals surface area (Å²) in [6.07, 6.45) is 5.81. The molecule has 0 saturated heterocycles. The van der Waals surface area contributed by atoms with Gasteiger partial charge in [-0.25, -0.2) is 4.98 Å². The van der Waals surface area contributed by atoms with Gasteiger partial charge in [0, 0.05) is 19.2 Å². The average Bonchev–Trinajstić information content (AvgIpc) is 2.50. The van der Waals surface area contributed by atoms with Gasteiger partial charge < -0.3 is 14.8 Å². The molecule has 0 amide bonds. The first-order chi connectivity index (χ1) is 10.3. The van der Waals surface area contributed by atoms with Crippen molar-refractivity contribution in [2.24, 2.45) is 0 Å². The van der Waals surface area contributed by atoms with E-state index >= 15 is 0 Å². The Morgan fingerprint density at radius 3 is 2.62 bits per heavy atom. The zero-order valence-electron chi connectivity index (χ0n) is 13.7. The first-order valence-electron chi connectivity index (χ1n) is 8.12. The van der Waals surface area contributed by atoms with Crippen molar-refractivity contribution >= 4 is 5.82 Å². The molecular formula is C16H29N3O2. The van der Waals surface area contributed by atoms with E-state index in [-0.39, 0.29) is 0 Å². The minimum absolute atomic E-state index is 0.421. The average molecular weight is 295 g/mol. The van der Waals surface area contributed by atoms with E-state index in [0.29, 0.717) is 31.5 Å². The molecule has 120 valence electrons. The van der Waals surface area contributed by atoms with Crippen LogP contribution in [0.25, 0.3) is 0 Å². The smallest absolute Gasteiger partial charge is 0.218 e. The Labute approximate surface area is 128 Å². The van der Waals surface area contributed by atoms with Gasteiger partial charge in [-0.2, -0.15) is 4.98 Å². The van der Waals surface area contributed by atoms with Crippen LogP contribution in [0.5, 0.6) is 5.88 Å². The molecule has 21 heavy (non-hydrogen) atoms. The molecule has 0 aromatic carbocycles. The van der Waals surface area contributed by atoms with E-state index in [9.17, 15) is 0 Å². The summed E-state index contributed by atoms with van der Waals surface area (Å²) in [6, 6.07) is 1.87. The summed E-state index contributed by atoms with van der Waals surface area (Å²) in [5, 5.41) is 3.28. The second-order valence-corrected chi connectivity index (χ2v) is 4.98. The van der Waals surface area contributed by atoms with Gasteiger partial charge >= 0.3 is 0 Å². The molecule has 5 heteroatoms. The van der Waals surface area contributed by atoms with Crippen LogP contribution in [-0.4, -0.2) is 29.7 Å². The lowest BCUT2D eigenvalue weighted by Crippen LogP contribution is -2.08. The molecule has 1 heterocycles. The normalized spacial score (nSPS) is 10.6. The predicted molar refractivity (Wildman–Crippen MR) is 85.8 cm³/mol. The highest BCUT2D eigenvalue weighted by Crippen LogP contribution is 2.15. The third-order valence-electron chi connectivity index (χ3n) is 2.99. The Balaban J connectivity index is 2.57. The van der Waals surface area contributed by atoms with Crippen molar-refractivity contribution in [3.63, 3.8) is 0 Å². The van der Waals surface area contributed by atoms with E-state index in [1.807, 2.05) is 13.0 Å². The maximum Gasteiger partial charge on any atom is 0.218 e. The largest absolute Gasteiger partial charge is 0.478 e. The van der Waals surface area contributed by atoms with Crippen LogP contribution in [0.15, 0.2) is 6.07 Å². The zero-order valence-corrected chi connectivity index (χ0v) is 13.7. The summed E-state index contributed by atoms with van der Waals surface area (Å²) in [7, 11) is 0. The minimum atomic E-state index is 0.421. The maximum atomic E-state index is 5.75. The van der Waals surface area contributed by atoms with E-state index in [1.165, 1.54) is 19.3 Å². The lowest BCUT2D eigenvalue weighted by Gasteiger charge is -2.10. The summed E-state index contributed by atoms with van der Waals surface area (Å²) in [4.78, 5) is 8.84. The van der Waals surface area contributed by atoms with Gasteiger partial charge in [0.25, 0.3) is 0 Å². The van der Waals surface area contributed by atoms with Gasteiger partial charge in [0.05, 0.1) is 6.61 Å². The monoisotopic (exact) mass is 295 g/mol. The summed E-state index contributed by atoms with van der Waals surface area (Å²) < 4.78 is 11.1. The van der Waals surface area contributed by atoms with Gasteiger partial charge in [-0.3, -0.25) is 0 Å². The van der Waals surface area contributed by atoms with Gasteiger partial charge in [-0.05, 0) is 19.8 Å². The van der Waals surface area contributed by atoms with E-state index < -0.39 is 0 Å². The molecule has 0 saturated carbocycles. The van der Waals surface area contributed by atoms with Crippen LogP contribution in [0.4, 0.5) is 5.82 Å². The van der Waals surface area contributed by atoms with Crippen molar-refractivity contribution in [2.45, 2.75) is 59.5 Å². The maximum absolute atomic E-state index is 5.75. The number of ether oxygens (including phenoxy) is 2. The molecule has 0 radical (unpaired) electrons. The van der Waals surface area contributed by atoms with Gasteiger partial charge in [-0.15, -0.1) is 0 Å². The first kappa shape index (κ1) is 17.7. The van der Waals surface area contributed by atoms with Crippen molar-refractivity contribution in [1.29, 1.82) is 0 Å². The van der Waals surface area contributed by atoms with Crippen molar-refractivity contribution in [3.8, 4) is 5.88 Å². The van der Waals surface area contributed by atoms with Crippen molar-refractivity contribution in [2.75, 3.05) is 25.1 Å². The highest BCUT2D eigenvalue weighted by atomic mass is 16.5. The molecule has 0 aliphatic heterocycles. The van der Waals surface area contributed by atoms with E-state index in [0.717, 1.165) is 25.2 Å². The Bertz CT molecular complexity index is 360. The number of anilines is 1. The SMILES string of the molecule is CCCCCCOc1cc(NCCC)nc(COCC)n1. The fourth-order valence-electron chi connectivity index (χ4n) is 1.85. The van der Waals surface area contributed by atoms with Crippen LogP contribution in [0.3, 0.4) is 0 Å². The Morgan fingerprint density at radius 2 is 1.90 bits per heavy atom. The van der Waals surface area contributed by atoms with E-state index in [2.05, 4.69) is 29.1 Å². The third kappa shape index (κ3) is 7.85. The summed E-state index contributed by atoms with van der Waals surface area (Å²) in [6.45, 7) is 8.97. The third-order valence-corrected chi connectivity index (χ3v) is 2.99. The summed E-state index contributed by atoms with van der Waals surface area (Å²) >= 11 is 0. The molecule has 1 aromatic heterocycles. The van der Waals surface area contributed by atoms with Gasteiger partial charge in [0.1, 0.15) is 12.4 Å². The standard InChI is InChI=1S/C16H29N3O2/c1-4-7-8-9-11-21-16-12-14(17-10-5-2)18-15(19-16)13-20-6-3/h12H,4-11,13H2,1-3H3,(H,17,18,19). The highest BCUT2D eigenvalue weighted by molar-refractivity contribution is 5.38. The molecule has 0 fully saturated rings. The molecule has 1 aromatic rings. The Morgan fingerprint density at radius 1 is 1.05 bits per heavy atom. The van der Waals surface area contributed by atoms with E-state index in [1.54, 1.807) is 0 Å². The molecule has 0 unspecified atom stereocenters. The fourth-order valence-corrected chi connectivity index (χ4v) is 1.85. The molecule has 0 aliphatic carbocycles. The van der Waals surface area contributed by atoms with Gasteiger partial charge in [0.15, 0.2) is 5.82 Å². The Hall–Kier alpha value is -1.36. The van der Waals surface area contributed by atoms with Gasteiger partial charge in [0.2, 0.25) is 5.88 Å². The summed E-state index contributed by atoms with van der Waals surface area (Å²) in [5.41, 5.74) is 0. The van der Waals surface area contributed by atoms with Crippen LogP contribution in [0.2, 0.25) is 0 Å². The quantitative estimate of drug-likeness (QED) is 0.594. The number of rotatable bonds is 12. The lowest BCUT2D eigenvalue weighted by atomic mass is 10.2. The molecule has 0 atom stereocenters. The number of unbranched alkanes of at least 4 members (excludes halogenated alkanes) is 3. The molecule has 0 bridgehead atoms. The van der Waals surface area contributed by atoms with Crippen LogP contribution in [-0.2, 0) is 11.3 Å². The van der Waals surface area contributed by atoms with Crippen molar-refractivity contribution in [1.82, 2.24) is 9.97 Å². The topological polar surface area (TPSA) is 56.3 Å². The van der Waals surface area contributed by atoms with Crippen LogP contribution in [0.1, 0.15) is 58.7 Å². The Kier molecular flexibility index (Phi) is 9.53. The second-order valence-electron chi connectivity index (χ2n) is 4.98. The highest BCUT2D eigenvalue weighted by Gasteiger charge is 2.06. The van der Waals surface area contributed by atoms with E-state index in [4.69, 9.17) is 9.47 Å². The van der Waals surface area contributed by atoms with Crippen molar-refractivity contribution < 1.29 is 9.47 Å². The number of aromatic nitrogens is 2. The van der Waals surface area contributed by atoms with Gasteiger partial charge in [-0.1, -0.05) is 33.1 Å². The number of hydrogen-bond donors (Lipinski definition) is 1. The number of nitrogens with one attached hydrogen (secondary N) is 1. The van der Waals surface area contributed by atoms with Crippen LogP contribution in [0, 0.1) is 0 Å². The fraction of sp³-hybridized carbons (Fsp3) is 0.750. The van der Waals surface area contributed by atoms with Crippen molar-refractivity contribution in [3.05, 3.63) is 11.9 Å².